The quantitative estimate of drug-likeness (QED) is 0.507. The third-order valence-corrected chi connectivity index (χ3v) is 2.79. The van der Waals surface area contributed by atoms with Crippen molar-refractivity contribution in [3.63, 3.8) is 0 Å². The minimum Gasteiger partial charge on any atom is -0.459 e. The highest BCUT2D eigenvalue weighted by Gasteiger charge is 2.49. The Labute approximate surface area is 71.3 Å². The highest BCUT2D eigenvalue weighted by molar-refractivity contribution is 5.75. The van der Waals surface area contributed by atoms with E-state index in [0.717, 1.165) is 6.42 Å². The van der Waals surface area contributed by atoms with Crippen LogP contribution in [0.3, 0.4) is 0 Å². The summed E-state index contributed by atoms with van der Waals surface area (Å²) in [5.74, 6) is -0.0937. The zero-order valence-electron chi connectivity index (χ0n) is 7.04. The van der Waals surface area contributed by atoms with E-state index in [0.29, 0.717) is 12.8 Å². The van der Waals surface area contributed by atoms with Gasteiger partial charge in [-0.25, -0.2) is 0 Å². The van der Waals surface area contributed by atoms with E-state index in [9.17, 15) is 4.79 Å². The number of hydrogen-bond donors (Lipinski definition) is 0. The largest absolute Gasteiger partial charge is 0.459 e. The van der Waals surface area contributed by atoms with Crippen molar-refractivity contribution in [2.24, 2.45) is 11.8 Å². The van der Waals surface area contributed by atoms with Crippen molar-refractivity contribution < 1.29 is 9.53 Å². The highest BCUT2D eigenvalue weighted by Crippen LogP contribution is 2.44. The lowest BCUT2D eigenvalue weighted by Gasteiger charge is -2.28. The standard InChI is InChI=1S/C9H11NO2/c1-9-3-6(5-10)2-7(4-9)8(11)12-9/h6-7H,2-4H2,1H3. The number of ether oxygens (including phenoxy) is 1. The molecule has 0 N–H and O–H groups in total. The predicted octanol–water partition coefficient (Wildman–Crippen LogP) is 1.24. The van der Waals surface area contributed by atoms with Crippen LogP contribution in [0, 0.1) is 23.2 Å². The highest BCUT2D eigenvalue weighted by atomic mass is 16.6. The molecule has 0 spiro atoms. The molecule has 64 valence electrons. The second-order valence-electron chi connectivity index (χ2n) is 4.04. The van der Waals surface area contributed by atoms with Gasteiger partial charge in [-0.15, -0.1) is 0 Å². The van der Waals surface area contributed by atoms with Gasteiger partial charge in [0.05, 0.1) is 17.9 Å². The molecule has 3 heteroatoms. The Hall–Kier alpha value is -1.04. The molecule has 3 nitrogen and oxygen atoms in total. The van der Waals surface area contributed by atoms with Gasteiger partial charge in [0.2, 0.25) is 0 Å². The van der Waals surface area contributed by atoms with Crippen molar-refractivity contribution in [1.29, 1.82) is 5.26 Å². The summed E-state index contributed by atoms with van der Waals surface area (Å²) in [7, 11) is 0. The first-order chi connectivity index (χ1) is 5.63. The van der Waals surface area contributed by atoms with Crippen LogP contribution in [-0.4, -0.2) is 11.6 Å². The zero-order valence-corrected chi connectivity index (χ0v) is 7.04. The van der Waals surface area contributed by atoms with Gasteiger partial charge in [-0.05, 0) is 13.3 Å². The maximum atomic E-state index is 11.2. The van der Waals surface area contributed by atoms with E-state index in [2.05, 4.69) is 6.07 Å². The maximum absolute atomic E-state index is 11.2. The summed E-state index contributed by atoms with van der Waals surface area (Å²) in [6.07, 6.45) is 2.22. The molecule has 1 saturated carbocycles. The average molecular weight is 165 g/mol. The van der Waals surface area contributed by atoms with E-state index in [1.54, 1.807) is 0 Å². The zero-order chi connectivity index (χ0) is 8.77. The molecule has 1 aliphatic carbocycles. The van der Waals surface area contributed by atoms with E-state index < -0.39 is 0 Å². The smallest absolute Gasteiger partial charge is 0.309 e. The van der Waals surface area contributed by atoms with Crippen LogP contribution < -0.4 is 0 Å². The second-order valence-corrected chi connectivity index (χ2v) is 4.04. The summed E-state index contributed by atoms with van der Waals surface area (Å²) >= 11 is 0. The van der Waals surface area contributed by atoms with E-state index >= 15 is 0 Å². The van der Waals surface area contributed by atoms with Crippen LogP contribution >= 0.6 is 0 Å². The average Bonchev–Trinajstić information content (AvgIpc) is 2.21. The van der Waals surface area contributed by atoms with Gasteiger partial charge in [-0.2, -0.15) is 5.26 Å². The maximum Gasteiger partial charge on any atom is 0.309 e. The summed E-state index contributed by atoms with van der Waals surface area (Å²) in [6.45, 7) is 1.92. The lowest BCUT2D eigenvalue weighted by molar-refractivity contribution is -0.148. The molecule has 2 bridgehead atoms. The Morgan fingerprint density at radius 1 is 1.67 bits per heavy atom. The van der Waals surface area contributed by atoms with Crippen LogP contribution in [0.4, 0.5) is 0 Å². The molecule has 0 aromatic carbocycles. The van der Waals surface area contributed by atoms with Crippen LogP contribution in [-0.2, 0) is 9.53 Å². The molecule has 3 unspecified atom stereocenters. The molecule has 0 aromatic heterocycles. The van der Waals surface area contributed by atoms with Crippen molar-refractivity contribution in [2.45, 2.75) is 31.8 Å². The Bertz CT molecular complexity index is 268. The van der Waals surface area contributed by atoms with E-state index in [1.807, 2.05) is 6.92 Å². The van der Waals surface area contributed by atoms with Crippen molar-refractivity contribution in [2.75, 3.05) is 0 Å². The van der Waals surface area contributed by atoms with Crippen molar-refractivity contribution in [3.05, 3.63) is 0 Å². The molecule has 0 amide bonds. The van der Waals surface area contributed by atoms with Gasteiger partial charge in [-0.1, -0.05) is 0 Å². The predicted molar refractivity (Wildman–Crippen MR) is 40.9 cm³/mol. The molecule has 1 saturated heterocycles. The van der Waals surface area contributed by atoms with Gasteiger partial charge in [0.15, 0.2) is 0 Å². The Kier molecular flexibility index (Phi) is 1.41. The van der Waals surface area contributed by atoms with Gasteiger partial charge in [0.1, 0.15) is 5.60 Å². The van der Waals surface area contributed by atoms with E-state index in [-0.39, 0.29) is 23.4 Å². The summed E-state index contributed by atoms with van der Waals surface area (Å²) < 4.78 is 5.21. The van der Waals surface area contributed by atoms with Crippen LogP contribution in [0.1, 0.15) is 26.2 Å². The molecular formula is C9H11NO2. The van der Waals surface area contributed by atoms with Gasteiger partial charge in [0.25, 0.3) is 0 Å². The summed E-state index contributed by atoms with van der Waals surface area (Å²) in [4.78, 5) is 11.2. The number of nitrogens with zero attached hydrogens (tertiary/aromatic N) is 1. The van der Waals surface area contributed by atoms with Gasteiger partial charge in [0, 0.05) is 12.8 Å². The summed E-state index contributed by atoms with van der Waals surface area (Å²) in [6, 6.07) is 2.22. The van der Waals surface area contributed by atoms with Crippen LogP contribution in [0.5, 0.6) is 0 Å². The fourth-order valence-electron chi connectivity index (χ4n) is 2.32. The fraction of sp³-hybridized carbons (Fsp3) is 0.778. The molecule has 0 radical (unpaired) electrons. The molecule has 2 rings (SSSR count). The topological polar surface area (TPSA) is 50.1 Å². The molecule has 2 fully saturated rings. The van der Waals surface area contributed by atoms with Crippen molar-refractivity contribution in [3.8, 4) is 6.07 Å². The molecule has 12 heavy (non-hydrogen) atoms. The van der Waals surface area contributed by atoms with Crippen molar-refractivity contribution in [1.82, 2.24) is 0 Å². The molecule has 2 aliphatic rings. The number of fused-ring (bicyclic) bond motifs is 2. The summed E-state index contributed by atoms with van der Waals surface area (Å²) in [5, 5.41) is 8.74. The first-order valence-electron chi connectivity index (χ1n) is 4.25. The van der Waals surface area contributed by atoms with Crippen molar-refractivity contribution >= 4 is 5.97 Å². The first-order valence-corrected chi connectivity index (χ1v) is 4.25. The first kappa shape index (κ1) is 7.60. The van der Waals surface area contributed by atoms with Gasteiger partial charge < -0.3 is 4.74 Å². The van der Waals surface area contributed by atoms with Crippen LogP contribution in [0.25, 0.3) is 0 Å². The number of esters is 1. The molecule has 1 heterocycles. The number of hydrogen-bond acceptors (Lipinski definition) is 3. The number of carbonyl (C=O) groups is 1. The number of rotatable bonds is 0. The normalized spacial score (nSPS) is 45.2. The minimum absolute atomic E-state index is 0.00611. The Morgan fingerprint density at radius 2 is 2.42 bits per heavy atom. The summed E-state index contributed by atoms with van der Waals surface area (Å²) in [5.41, 5.74) is -0.333. The van der Waals surface area contributed by atoms with Gasteiger partial charge in [-0.3, -0.25) is 4.79 Å². The third-order valence-electron chi connectivity index (χ3n) is 2.79. The fourth-order valence-corrected chi connectivity index (χ4v) is 2.32. The molecule has 3 atom stereocenters. The number of carbonyl (C=O) groups excluding carboxylic acids is 1. The van der Waals surface area contributed by atoms with Crippen LogP contribution in [0.15, 0.2) is 0 Å². The Morgan fingerprint density at radius 3 is 3.00 bits per heavy atom. The molecule has 1 aliphatic heterocycles. The third kappa shape index (κ3) is 0.989. The number of nitriles is 1. The molecular weight excluding hydrogens is 154 g/mol. The second kappa shape index (κ2) is 2.22. The van der Waals surface area contributed by atoms with E-state index in [1.165, 1.54) is 0 Å². The van der Waals surface area contributed by atoms with Crippen LogP contribution in [0.2, 0.25) is 0 Å². The lowest BCUT2D eigenvalue weighted by Crippen LogP contribution is -2.30. The van der Waals surface area contributed by atoms with E-state index in [4.69, 9.17) is 10.00 Å². The monoisotopic (exact) mass is 165 g/mol. The Balaban J connectivity index is 2.23. The minimum atomic E-state index is -0.333. The van der Waals surface area contributed by atoms with Gasteiger partial charge >= 0.3 is 5.97 Å². The SMILES string of the molecule is CC12CC(C#N)CC(C1)C(=O)O2. The molecule has 0 aromatic rings. The lowest BCUT2D eigenvalue weighted by atomic mass is 9.76.